The van der Waals surface area contributed by atoms with Crippen LogP contribution < -0.4 is 5.32 Å². The molecule has 1 aliphatic rings. The van der Waals surface area contributed by atoms with Crippen molar-refractivity contribution < 1.29 is 9.53 Å². The van der Waals surface area contributed by atoms with Crippen molar-refractivity contribution in [1.82, 2.24) is 0 Å². The maximum atomic E-state index is 12.4. The lowest BCUT2D eigenvalue weighted by Gasteiger charge is -2.40. The van der Waals surface area contributed by atoms with Crippen molar-refractivity contribution in [3.63, 3.8) is 0 Å². The van der Waals surface area contributed by atoms with Crippen LogP contribution in [0.5, 0.6) is 0 Å². The summed E-state index contributed by atoms with van der Waals surface area (Å²) >= 11 is 0. The van der Waals surface area contributed by atoms with Gasteiger partial charge in [0, 0.05) is 34.5 Å². The van der Waals surface area contributed by atoms with Gasteiger partial charge in [-0.3, -0.25) is 4.79 Å². The van der Waals surface area contributed by atoms with Gasteiger partial charge in [-0.25, -0.2) is 0 Å². The van der Waals surface area contributed by atoms with E-state index in [2.05, 4.69) is 5.32 Å². The Labute approximate surface area is 147 Å². The van der Waals surface area contributed by atoms with Crippen LogP contribution in [-0.4, -0.2) is 5.97 Å². The first-order valence-corrected chi connectivity index (χ1v) is 8.49. The lowest BCUT2D eigenvalue weighted by atomic mass is 9.76. The van der Waals surface area contributed by atoms with Gasteiger partial charge in [0.15, 0.2) is 5.60 Å². The Bertz CT molecular complexity index is 873. The molecule has 25 heavy (non-hydrogen) atoms. The number of fused-ring (bicyclic) bond motifs is 2. The molecule has 1 aliphatic heterocycles. The number of nitrogens with one attached hydrogen (secondary N) is 1. The zero-order chi connectivity index (χ0) is 17.3. The summed E-state index contributed by atoms with van der Waals surface area (Å²) in [6.45, 7) is 1.82. The number of benzene rings is 3. The van der Waals surface area contributed by atoms with E-state index in [0.29, 0.717) is 6.42 Å². The third-order valence-corrected chi connectivity index (χ3v) is 4.62. The summed E-state index contributed by atoms with van der Waals surface area (Å²) in [6.07, 6.45) is 0.326. The van der Waals surface area contributed by atoms with Crippen LogP contribution in [0.15, 0.2) is 78.9 Å². The average Bonchev–Trinajstić information content (AvgIpc) is 2.68. The number of ether oxygens (including phenoxy) is 1. The molecule has 3 aromatic rings. The zero-order valence-electron chi connectivity index (χ0n) is 14.0. The highest BCUT2D eigenvalue weighted by Gasteiger charge is 2.45. The number of hydrogen-bond acceptors (Lipinski definition) is 3. The molecular formula is C22H19NO2. The molecule has 3 nitrogen and oxygen atoms in total. The zero-order valence-corrected chi connectivity index (χ0v) is 14.0. The normalized spacial score (nSPS) is 14.0. The summed E-state index contributed by atoms with van der Waals surface area (Å²) in [5.74, 6) is -0.227. The van der Waals surface area contributed by atoms with Gasteiger partial charge in [-0.15, -0.1) is 0 Å². The Hall–Kier alpha value is -3.07. The number of anilines is 2. The van der Waals surface area contributed by atoms with Gasteiger partial charge in [0.1, 0.15) is 0 Å². The lowest BCUT2D eigenvalue weighted by molar-refractivity contribution is -0.153. The second-order valence-corrected chi connectivity index (χ2v) is 6.09. The second-order valence-electron chi connectivity index (χ2n) is 6.09. The van der Waals surface area contributed by atoms with Gasteiger partial charge < -0.3 is 10.1 Å². The number of esters is 1. The van der Waals surface area contributed by atoms with Gasteiger partial charge >= 0.3 is 5.97 Å². The number of carbonyl (C=O) groups is 1. The van der Waals surface area contributed by atoms with Gasteiger partial charge in [0.2, 0.25) is 0 Å². The van der Waals surface area contributed by atoms with E-state index < -0.39 is 5.60 Å². The highest BCUT2D eigenvalue weighted by atomic mass is 16.6. The predicted molar refractivity (Wildman–Crippen MR) is 98.9 cm³/mol. The van der Waals surface area contributed by atoms with E-state index in [0.717, 1.165) is 28.1 Å². The molecule has 0 unspecified atom stereocenters. The fourth-order valence-electron chi connectivity index (χ4n) is 3.48. The summed E-state index contributed by atoms with van der Waals surface area (Å²) in [5.41, 5.74) is 3.79. The molecule has 0 aromatic heterocycles. The van der Waals surface area contributed by atoms with Crippen LogP contribution in [0.1, 0.15) is 30.0 Å². The van der Waals surface area contributed by atoms with E-state index in [-0.39, 0.29) is 5.97 Å². The van der Waals surface area contributed by atoms with E-state index in [4.69, 9.17) is 4.74 Å². The Morgan fingerprint density at radius 1 is 0.840 bits per heavy atom. The monoisotopic (exact) mass is 329 g/mol. The van der Waals surface area contributed by atoms with Gasteiger partial charge in [-0.2, -0.15) is 0 Å². The van der Waals surface area contributed by atoms with Crippen molar-refractivity contribution in [3.8, 4) is 0 Å². The van der Waals surface area contributed by atoms with E-state index in [1.165, 1.54) is 0 Å². The largest absolute Gasteiger partial charge is 0.444 e. The molecule has 0 bridgehead atoms. The summed E-state index contributed by atoms with van der Waals surface area (Å²) < 4.78 is 6.19. The number of hydrogen-bond donors (Lipinski definition) is 1. The van der Waals surface area contributed by atoms with Crippen molar-refractivity contribution >= 4 is 17.3 Å². The average molecular weight is 329 g/mol. The smallest absolute Gasteiger partial charge is 0.307 e. The third kappa shape index (κ3) is 2.40. The van der Waals surface area contributed by atoms with E-state index in [1.54, 1.807) is 0 Å². The van der Waals surface area contributed by atoms with Gasteiger partial charge in [-0.05, 0) is 12.1 Å². The molecule has 4 rings (SSSR count). The SMILES string of the molecule is CCC(=O)OC1(c2ccccc2)c2ccccc2Nc2ccccc21. The molecule has 3 heteroatoms. The van der Waals surface area contributed by atoms with Crippen LogP contribution in [-0.2, 0) is 15.1 Å². The van der Waals surface area contributed by atoms with Crippen molar-refractivity contribution in [2.45, 2.75) is 18.9 Å². The quantitative estimate of drug-likeness (QED) is 0.688. The molecule has 0 spiro atoms. The molecule has 3 aromatic carbocycles. The molecule has 0 saturated carbocycles. The Balaban J connectivity index is 2.07. The molecule has 1 heterocycles. The first-order chi connectivity index (χ1) is 12.3. The maximum absolute atomic E-state index is 12.4. The highest BCUT2D eigenvalue weighted by molar-refractivity contribution is 5.80. The molecule has 124 valence electrons. The minimum Gasteiger partial charge on any atom is -0.444 e. The second kappa shape index (κ2) is 6.10. The molecule has 0 amide bonds. The third-order valence-electron chi connectivity index (χ3n) is 4.62. The van der Waals surface area contributed by atoms with Gasteiger partial charge in [0.05, 0.1) is 0 Å². The fraction of sp³-hybridized carbons (Fsp3) is 0.136. The van der Waals surface area contributed by atoms with Crippen LogP contribution in [0.25, 0.3) is 0 Å². The maximum Gasteiger partial charge on any atom is 0.307 e. The van der Waals surface area contributed by atoms with Crippen molar-refractivity contribution in [1.29, 1.82) is 0 Å². The molecule has 1 N–H and O–H groups in total. The van der Waals surface area contributed by atoms with Crippen molar-refractivity contribution in [2.24, 2.45) is 0 Å². The van der Waals surface area contributed by atoms with E-state index in [1.807, 2.05) is 85.8 Å². The standard InChI is InChI=1S/C22H19NO2/c1-2-21(24)25-22(16-10-4-3-5-11-16)17-12-6-8-14-19(17)23-20-15-9-7-13-18(20)22/h3-15,23H,2H2,1H3. The summed E-state index contributed by atoms with van der Waals surface area (Å²) in [5, 5.41) is 3.46. The van der Waals surface area contributed by atoms with Gasteiger partial charge in [-0.1, -0.05) is 73.7 Å². The van der Waals surface area contributed by atoms with Crippen LogP contribution in [0.4, 0.5) is 11.4 Å². The van der Waals surface area contributed by atoms with E-state index >= 15 is 0 Å². The predicted octanol–water partition coefficient (Wildman–Crippen LogP) is 4.99. The van der Waals surface area contributed by atoms with Gasteiger partial charge in [0.25, 0.3) is 0 Å². The topological polar surface area (TPSA) is 38.3 Å². The summed E-state index contributed by atoms with van der Waals surface area (Å²) in [7, 11) is 0. The molecule has 0 atom stereocenters. The number of carbonyl (C=O) groups excluding carboxylic acids is 1. The molecule has 0 aliphatic carbocycles. The number of para-hydroxylation sites is 2. The van der Waals surface area contributed by atoms with Crippen LogP contribution in [0.2, 0.25) is 0 Å². The lowest BCUT2D eigenvalue weighted by Crippen LogP contribution is -2.38. The fourth-order valence-corrected chi connectivity index (χ4v) is 3.48. The molecule has 0 radical (unpaired) electrons. The van der Waals surface area contributed by atoms with Crippen molar-refractivity contribution in [2.75, 3.05) is 5.32 Å². The Morgan fingerprint density at radius 2 is 1.36 bits per heavy atom. The first-order valence-electron chi connectivity index (χ1n) is 8.49. The van der Waals surface area contributed by atoms with Crippen LogP contribution in [0.3, 0.4) is 0 Å². The molecular weight excluding hydrogens is 310 g/mol. The highest BCUT2D eigenvalue weighted by Crippen LogP contribution is 2.50. The minimum atomic E-state index is -0.952. The van der Waals surface area contributed by atoms with Crippen LogP contribution in [0, 0.1) is 0 Å². The molecule has 0 fully saturated rings. The minimum absolute atomic E-state index is 0.227. The van der Waals surface area contributed by atoms with E-state index in [9.17, 15) is 4.79 Å². The Kier molecular flexibility index (Phi) is 3.77. The summed E-state index contributed by atoms with van der Waals surface area (Å²) in [4.78, 5) is 12.4. The van der Waals surface area contributed by atoms with Crippen LogP contribution >= 0.6 is 0 Å². The Morgan fingerprint density at radius 3 is 1.92 bits per heavy atom. The molecule has 0 saturated heterocycles. The number of rotatable bonds is 3. The van der Waals surface area contributed by atoms with Crippen molar-refractivity contribution in [3.05, 3.63) is 95.6 Å². The first kappa shape index (κ1) is 15.5. The summed E-state index contributed by atoms with van der Waals surface area (Å²) in [6, 6.07) is 26.0.